The van der Waals surface area contributed by atoms with Crippen molar-refractivity contribution in [3.63, 3.8) is 0 Å². The van der Waals surface area contributed by atoms with Crippen molar-refractivity contribution in [2.75, 3.05) is 25.1 Å². The summed E-state index contributed by atoms with van der Waals surface area (Å²) >= 11 is 0. The number of carbonyl (C=O) groups excluding carboxylic acids is 2. The highest BCUT2D eigenvalue weighted by Gasteiger charge is 2.36. The molecule has 2 amide bonds. The number of aryl methyl sites for hydroxylation is 1. The summed E-state index contributed by atoms with van der Waals surface area (Å²) in [6.07, 6.45) is 1.02. The standard InChI is InChI=1S/C21H24N2O3/c1-15-7-3-4-8-16(15)11-12-22-21(25)17-13-20(24)23(14-17)18-9-5-6-10-19(18)26-2/h3-10,17H,11-14H2,1-2H3,(H,22,25). The highest BCUT2D eigenvalue weighted by molar-refractivity contribution is 6.01. The Hall–Kier alpha value is -2.82. The normalized spacial score (nSPS) is 16.6. The van der Waals surface area contributed by atoms with E-state index in [2.05, 4.69) is 24.4 Å². The third-order valence-electron chi connectivity index (χ3n) is 4.83. The van der Waals surface area contributed by atoms with Gasteiger partial charge < -0.3 is 15.0 Å². The fourth-order valence-corrected chi connectivity index (χ4v) is 3.32. The van der Waals surface area contributed by atoms with Crippen LogP contribution in [0, 0.1) is 12.8 Å². The number of rotatable bonds is 6. The number of nitrogens with zero attached hydrogens (tertiary/aromatic N) is 1. The maximum atomic E-state index is 12.5. The van der Waals surface area contributed by atoms with E-state index in [0.29, 0.717) is 18.8 Å². The molecule has 2 aromatic carbocycles. The molecule has 1 heterocycles. The van der Waals surface area contributed by atoms with Gasteiger partial charge in [-0.25, -0.2) is 0 Å². The predicted octanol–water partition coefficient (Wildman–Crippen LogP) is 2.72. The summed E-state index contributed by atoms with van der Waals surface area (Å²) in [6, 6.07) is 15.5. The minimum absolute atomic E-state index is 0.0476. The van der Waals surface area contributed by atoms with Crippen molar-refractivity contribution >= 4 is 17.5 Å². The van der Waals surface area contributed by atoms with Crippen LogP contribution in [0.4, 0.5) is 5.69 Å². The summed E-state index contributed by atoms with van der Waals surface area (Å²) in [5.74, 6) is 0.198. The van der Waals surface area contributed by atoms with Crippen molar-refractivity contribution in [3.8, 4) is 5.75 Å². The van der Waals surface area contributed by atoms with Gasteiger partial charge in [0.05, 0.1) is 18.7 Å². The Labute approximate surface area is 154 Å². The Bertz CT molecular complexity index is 803. The van der Waals surface area contributed by atoms with Crippen LogP contribution in [0.1, 0.15) is 17.5 Å². The predicted molar refractivity (Wildman–Crippen MR) is 101 cm³/mol. The molecule has 0 spiro atoms. The Morgan fingerprint density at radius 3 is 2.69 bits per heavy atom. The average molecular weight is 352 g/mol. The summed E-state index contributed by atoms with van der Waals surface area (Å²) in [5.41, 5.74) is 3.17. The summed E-state index contributed by atoms with van der Waals surface area (Å²) in [7, 11) is 1.58. The topological polar surface area (TPSA) is 58.6 Å². The summed E-state index contributed by atoms with van der Waals surface area (Å²) in [6.45, 7) is 3.02. The fourth-order valence-electron chi connectivity index (χ4n) is 3.32. The Morgan fingerprint density at radius 1 is 1.19 bits per heavy atom. The monoisotopic (exact) mass is 352 g/mol. The summed E-state index contributed by atoms with van der Waals surface area (Å²) < 4.78 is 5.33. The zero-order valence-corrected chi connectivity index (χ0v) is 15.2. The number of anilines is 1. The van der Waals surface area contributed by atoms with Gasteiger partial charge in [0.1, 0.15) is 5.75 Å². The molecule has 2 aromatic rings. The molecule has 5 nitrogen and oxygen atoms in total. The van der Waals surface area contributed by atoms with Gasteiger partial charge in [0, 0.05) is 19.5 Å². The fraction of sp³-hybridized carbons (Fsp3) is 0.333. The van der Waals surface area contributed by atoms with Gasteiger partial charge in [-0.15, -0.1) is 0 Å². The first-order chi connectivity index (χ1) is 12.6. The van der Waals surface area contributed by atoms with Gasteiger partial charge in [-0.05, 0) is 36.6 Å². The zero-order chi connectivity index (χ0) is 18.5. The molecular weight excluding hydrogens is 328 g/mol. The van der Waals surface area contributed by atoms with E-state index >= 15 is 0 Å². The number of benzene rings is 2. The molecular formula is C21H24N2O3. The van der Waals surface area contributed by atoms with Gasteiger partial charge in [0.2, 0.25) is 11.8 Å². The number of methoxy groups -OCH3 is 1. The van der Waals surface area contributed by atoms with Crippen LogP contribution in [0.15, 0.2) is 48.5 Å². The van der Waals surface area contributed by atoms with Crippen LogP contribution in [0.3, 0.4) is 0 Å². The Morgan fingerprint density at radius 2 is 1.92 bits per heavy atom. The van der Waals surface area contributed by atoms with Crippen molar-refractivity contribution in [3.05, 3.63) is 59.7 Å². The molecule has 0 radical (unpaired) electrons. The minimum Gasteiger partial charge on any atom is -0.495 e. The number of para-hydroxylation sites is 2. The maximum Gasteiger partial charge on any atom is 0.227 e. The van der Waals surface area contributed by atoms with E-state index in [0.717, 1.165) is 12.1 Å². The number of nitrogens with one attached hydrogen (secondary N) is 1. The van der Waals surface area contributed by atoms with Gasteiger partial charge in [-0.1, -0.05) is 36.4 Å². The third kappa shape index (κ3) is 3.87. The number of ether oxygens (including phenoxy) is 1. The smallest absolute Gasteiger partial charge is 0.227 e. The lowest BCUT2D eigenvalue weighted by molar-refractivity contribution is -0.126. The van der Waals surface area contributed by atoms with Crippen molar-refractivity contribution in [2.45, 2.75) is 19.8 Å². The second-order valence-corrected chi connectivity index (χ2v) is 6.54. The first kappa shape index (κ1) is 18.0. The van der Waals surface area contributed by atoms with E-state index < -0.39 is 0 Å². The van der Waals surface area contributed by atoms with Gasteiger partial charge in [-0.2, -0.15) is 0 Å². The number of amides is 2. The summed E-state index contributed by atoms with van der Waals surface area (Å²) in [4.78, 5) is 26.5. The van der Waals surface area contributed by atoms with Crippen LogP contribution in [-0.2, 0) is 16.0 Å². The third-order valence-corrected chi connectivity index (χ3v) is 4.83. The molecule has 0 saturated carbocycles. The van der Waals surface area contributed by atoms with Gasteiger partial charge in [-0.3, -0.25) is 9.59 Å². The lowest BCUT2D eigenvalue weighted by atomic mass is 10.1. The second kappa shape index (κ2) is 8.04. The highest BCUT2D eigenvalue weighted by atomic mass is 16.5. The molecule has 3 rings (SSSR count). The van der Waals surface area contributed by atoms with Crippen molar-refractivity contribution in [1.29, 1.82) is 0 Å². The largest absolute Gasteiger partial charge is 0.495 e. The van der Waals surface area contributed by atoms with Gasteiger partial charge in [0.25, 0.3) is 0 Å². The molecule has 1 saturated heterocycles. The van der Waals surface area contributed by atoms with Crippen molar-refractivity contribution < 1.29 is 14.3 Å². The van der Waals surface area contributed by atoms with Crippen LogP contribution in [0.2, 0.25) is 0 Å². The molecule has 1 aliphatic rings. The molecule has 1 N–H and O–H groups in total. The molecule has 1 unspecified atom stereocenters. The zero-order valence-electron chi connectivity index (χ0n) is 15.2. The molecule has 1 atom stereocenters. The van der Waals surface area contributed by atoms with Crippen LogP contribution >= 0.6 is 0 Å². The quantitative estimate of drug-likeness (QED) is 0.870. The number of carbonyl (C=O) groups is 2. The molecule has 1 fully saturated rings. The van der Waals surface area contributed by atoms with Crippen molar-refractivity contribution in [2.24, 2.45) is 5.92 Å². The Balaban J connectivity index is 1.58. The van der Waals surface area contributed by atoms with E-state index in [9.17, 15) is 9.59 Å². The number of hydrogen-bond donors (Lipinski definition) is 1. The van der Waals surface area contributed by atoms with Gasteiger partial charge >= 0.3 is 0 Å². The van der Waals surface area contributed by atoms with E-state index in [4.69, 9.17) is 4.74 Å². The van der Waals surface area contributed by atoms with E-state index in [-0.39, 0.29) is 24.2 Å². The molecule has 26 heavy (non-hydrogen) atoms. The van der Waals surface area contributed by atoms with Crippen LogP contribution in [0.5, 0.6) is 5.75 Å². The van der Waals surface area contributed by atoms with Gasteiger partial charge in [0.15, 0.2) is 0 Å². The van der Waals surface area contributed by atoms with Crippen LogP contribution < -0.4 is 15.0 Å². The lowest BCUT2D eigenvalue weighted by Gasteiger charge is -2.19. The van der Waals surface area contributed by atoms with Crippen LogP contribution in [0.25, 0.3) is 0 Å². The second-order valence-electron chi connectivity index (χ2n) is 6.54. The molecule has 5 heteroatoms. The molecule has 0 aromatic heterocycles. The van der Waals surface area contributed by atoms with E-state index in [1.54, 1.807) is 12.0 Å². The van der Waals surface area contributed by atoms with E-state index in [1.165, 1.54) is 11.1 Å². The Kier molecular flexibility index (Phi) is 5.56. The van der Waals surface area contributed by atoms with Crippen LogP contribution in [-0.4, -0.2) is 32.0 Å². The average Bonchev–Trinajstić information content (AvgIpc) is 3.05. The van der Waals surface area contributed by atoms with E-state index in [1.807, 2.05) is 36.4 Å². The maximum absolute atomic E-state index is 12.5. The molecule has 0 bridgehead atoms. The SMILES string of the molecule is COc1ccccc1N1CC(C(=O)NCCc2ccccc2C)CC1=O. The highest BCUT2D eigenvalue weighted by Crippen LogP contribution is 2.32. The summed E-state index contributed by atoms with van der Waals surface area (Å²) in [5, 5.41) is 2.97. The molecule has 1 aliphatic heterocycles. The first-order valence-corrected chi connectivity index (χ1v) is 8.85. The minimum atomic E-state index is -0.329. The molecule has 0 aliphatic carbocycles. The first-order valence-electron chi connectivity index (χ1n) is 8.85. The number of hydrogen-bond acceptors (Lipinski definition) is 3. The van der Waals surface area contributed by atoms with Crippen molar-refractivity contribution in [1.82, 2.24) is 5.32 Å². The molecule has 136 valence electrons. The lowest BCUT2D eigenvalue weighted by Crippen LogP contribution is -2.34.